The molecule has 1 aliphatic heterocycles. The summed E-state index contributed by atoms with van der Waals surface area (Å²) in [4.78, 5) is 8.29. The van der Waals surface area contributed by atoms with Crippen molar-refractivity contribution in [1.29, 1.82) is 0 Å². The van der Waals surface area contributed by atoms with Crippen LogP contribution in [0.1, 0.15) is 16.1 Å². The Labute approximate surface area is 125 Å². The molecule has 2 N–H and O–H groups in total. The van der Waals surface area contributed by atoms with Crippen LogP contribution in [-0.4, -0.2) is 23.0 Å². The first-order valence-corrected chi connectivity index (χ1v) is 8.02. The fraction of sp³-hybridized carbons (Fsp3) is 0.357. The molecule has 0 saturated carbocycles. The van der Waals surface area contributed by atoms with E-state index in [1.54, 1.807) is 11.3 Å². The molecule has 0 spiro atoms. The van der Waals surface area contributed by atoms with Crippen LogP contribution in [-0.2, 0) is 19.4 Å². The predicted molar refractivity (Wildman–Crippen MR) is 83.4 cm³/mol. The van der Waals surface area contributed by atoms with E-state index in [0.29, 0.717) is 5.13 Å². The number of halogens is 1. The fourth-order valence-corrected chi connectivity index (χ4v) is 3.57. The maximum atomic E-state index is 5.77. The summed E-state index contributed by atoms with van der Waals surface area (Å²) in [5.41, 5.74) is 8.34. The minimum Gasteiger partial charge on any atom is -0.375 e. The first kappa shape index (κ1) is 13.1. The highest BCUT2D eigenvalue weighted by Crippen LogP contribution is 2.24. The van der Waals surface area contributed by atoms with Gasteiger partial charge in [0.15, 0.2) is 5.13 Å². The van der Waals surface area contributed by atoms with Crippen LogP contribution in [0, 0.1) is 0 Å². The second-order valence-corrected chi connectivity index (χ2v) is 6.86. The summed E-state index contributed by atoms with van der Waals surface area (Å²) in [7, 11) is 0. The zero-order valence-corrected chi connectivity index (χ0v) is 13.0. The molecule has 19 heavy (non-hydrogen) atoms. The summed E-state index contributed by atoms with van der Waals surface area (Å²) in [6, 6.07) is 8.57. The van der Waals surface area contributed by atoms with Gasteiger partial charge in [0.25, 0.3) is 0 Å². The van der Waals surface area contributed by atoms with Crippen LogP contribution in [0.3, 0.4) is 0 Å². The first-order chi connectivity index (χ1) is 9.20. The van der Waals surface area contributed by atoms with Gasteiger partial charge in [-0.1, -0.05) is 28.1 Å². The second kappa shape index (κ2) is 5.61. The van der Waals surface area contributed by atoms with Crippen molar-refractivity contribution in [3.8, 4) is 0 Å². The lowest BCUT2D eigenvalue weighted by atomic mass is 10.2. The fourth-order valence-electron chi connectivity index (χ4n) is 2.44. The summed E-state index contributed by atoms with van der Waals surface area (Å²) in [6.07, 6.45) is 2.08. The van der Waals surface area contributed by atoms with Gasteiger partial charge in [-0.25, -0.2) is 4.98 Å². The Morgan fingerprint density at radius 2 is 1.95 bits per heavy atom. The Hall–Kier alpha value is -0.910. The van der Waals surface area contributed by atoms with E-state index in [1.165, 1.54) is 16.1 Å². The lowest BCUT2D eigenvalue weighted by Crippen LogP contribution is -2.26. The number of hydrogen-bond donors (Lipinski definition) is 1. The average Bonchev–Trinajstić information content (AvgIpc) is 2.66. The van der Waals surface area contributed by atoms with E-state index in [4.69, 9.17) is 5.73 Å². The molecule has 2 aromatic rings. The van der Waals surface area contributed by atoms with Crippen LogP contribution in [0.4, 0.5) is 5.13 Å². The van der Waals surface area contributed by atoms with Crippen molar-refractivity contribution in [3.05, 3.63) is 44.9 Å². The molecule has 0 fully saturated rings. The molecule has 1 aromatic carbocycles. The van der Waals surface area contributed by atoms with Crippen LogP contribution in [0.5, 0.6) is 0 Å². The van der Waals surface area contributed by atoms with Crippen molar-refractivity contribution in [1.82, 2.24) is 9.88 Å². The van der Waals surface area contributed by atoms with Gasteiger partial charge in [0.1, 0.15) is 0 Å². The topological polar surface area (TPSA) is 42.1 Å². The van der Waals surface area contributed by atoms with Gasteiger partial charge in [-0.3, -0.25) is 4.90 Å². The molecular formula is C14H16BrN3S. The van der Waals surface area contributed by atoms with E-state index >= 15 is 0 Å². The van der Waals surface area contributed by atoms with Gasteiger partial charge in [0.05, 0.1) is 5.69 Å². The molecule has 2 heterocycles. The van der Waals surface area contributed by atoms with E-state index in [1.807, 2.05) is 0 Å². The van der Waals surface area contributed by atoms with E-state index in [-0.39, 0.29) is 0 Å². The van der Waals surface area contributed by atoms with Crippen molar-refractivity contribution in [2.75, 3.05) is 18.8 Å². The molecule has 3 nitrogen and oxygen atoms in total. The number of aromatic nitrogens is 1. The third-order valence-electron chi connectivity index (χ3n) is 3.43. The molecule has 0 amide bonds. The maximum absolute atomic E-state index is 5.77. The van der Waals surface area contributed by atoms with Gasteiger partial charge in [0.2, 0.25) is 0 Å². The zero-order chi connectivity index (χ0) is 13.2. The standard InChI is InChI=1S/C14H16BrN3S/c15-11-3-1-10(2-4-11)9-18-7-5-12-13(6-8-18)19-14(16)17-12/h1-4H,5-9H2,(H2,16,17). The average molecular weight is 338 g/mol. The van der Waals surface area contributed by atoms with Crippen LogP contribution < -0.4 is 5.73 Å². The number of nitrogen functional groups attached to an aromatic ring is 1. The molecule has 100 valence electrons. The summed E-state index contributed by atoms with van der Waals surface area (Å²) in [5, 5.41) is 0.714. The molecule has 0 radical (unpaired) electrons. The van der Waals surface area contributed by atoms with Gasteiger partial charge in [0, 0.05) is 35.4 Å². The molecule has 0 aliphatic carbocycles. The predicted octanol–water partition coefficient (Wildman–Crippen LogP) is 3.09. The number of anilines is 1. The number of fused-ring (bicyclic) bond motifs is 1. The highest BCUT2D eigenvalue weighted by molar-refractivity contribution is 9.10. The number of hydrogen-bond acceptors (Lipinski definition) is 4. The van der Waals surface area contributed by atoms with E-state index in [9.17, 15) is 0 Å². The van der Waals surface area contributed by atoms with Gasteiger partial charge in [-0.05, 0) is 24.1 Å². The van der Waals surface area contributed by atoms with Crippen molar-refractivity contribution >= 4 is 32.4 Å². The summed E-state index contributed by atoms with van der Waals surface area (Å²) >= 11 is 5.12. The molecule has 5 heteroatoms. The van der Waals surface area contributed by atoms with Crippen LogP contribution in [0.15, 0.2) is 28.7 Å². The lowest BCUT2D eigenvalue weighted by Gasteiger charge is -2.19. The van der Waals surface area contributed by atoms with Crippen molar-refractivity contribution in [3.63, 3.8) is 0 Å². The largest absolute Gasteiger partial charge is 0.375 e. The van der Waals surface area contributed by atoms with Crippen LogP contribution in [0.2, 0.25) is 0 Å². The molecule has 0 unspecified atom stereocenters. The summed E-state index contributed by atoms with van der Waals surface area (Å²) in [5.74, 6) is 0. The maximum Gasteiger partial charge on any atom is 0.180 e. The van der Waals surface area contributed by atoms with Gasteiger partial charge in [-0.15, -0.1) is 11.3 Å². The first-order valence-electron chi connectivity index (χ1n) is 6.41. The number of rotatable bonds is 2. The number of thiazole rings is 1. The van der Waals surface area contributed by atoms with Crippen molar-refractivity contribution < 1.29 is 0 Å². The Morgan fingerprint density at radius 3 is 2.74 bits per heavy atom. The summed E-state index contributed by atoms with van der Waals surface area (Å²) < 4.78 is 1.13. The van der Waals surface area contributed by atoms with Crippen LogP contribution >= 0.6 is 27.3 Å². The van der Waals surface area contributed by atoms with Crippen LogP contribution in [0.25, 0.3) is 0 Å². The van der Waals surface area contributed by atoms with Crippen molar-refractivity contribution in [2.24, 2.45) is 0 Å². The molecule has 3 rings (SSSR count). The summed E-state index contributed by atoms with van der Waals surface area (Å²) in [6.45, 7) is 3.16. The molecule has 0 bridgehead atoms. The Balaban J connectivity index is 1.65. The number of nitrogens with zero attached hydrogens (tertiary/aromatic N) is 2. The third kappa shape index (κ3) is 3.16. The van der Waals surface area contributed by atoms with Gasteiger partial charge >= 0.3 is 0 Å². The van der Waals surface area contributed by atoms with E-state index in [2.05, 4.69) is 50.1 Å². The SMILES string of the molecule is Nc1nc2c(s1)CCN(Cc1ccc(Br)cc1)CC2. The minimum absolute atomic E-state index is 0.714. The molecule has 0 saturated heterocycles. The molecule has 1 aliphatic rings. The Morgan fingerprint density at radius 1 is 1.21 bits per heavy atom. The van der Waals surface area contributed by atoms with E-state index < -0.39 is 0 Å². The monoisotopic (exact) mass is 337 g/mol. The Bertz CT molecular complexity index is 539. The van der Waals surface area contributed by atoms with Crippen molar-refractivity contribution in [2.45, 2.75) is 19.4 Å². The van der Waals surface area contributed by atoms with Gasteiger partial charge in [-0.2, -0.15) is 0 Å². The smallest absolute Gasteiger partial charge is 0.180 e. The third-order valence-corrected chi connectivity index (χ3v) is 4.95. The lowest BCUT2D eigenvalue weighted by molar-refractivity contribution is 0.279. The molecular weight excluding hydrogens is 322 g/mol. The normalized spacial score (nSPS) is 16.1. The van der Waals surface area contributed by atoms with E-state index in [0.717, 1.165) is 36.9 Å². The number of nitrogens with two attached hydrogens (primary N) is 1. The van der Waals surface area contributed by atoms with Gasteiger partial charge < -0.3 is 5.73 Å². The highest BCUT2D eigenvalue weighted by atomic mass is 79.9. The minimum atomic E-state index is 0.714. The Kier molecular flexibility index (Phi) is 3.86. The second-order valence-electron chi connectivity index (χ2n) is 4.82. The number of benzene rings is 1. The highest BCUT2D eigenvalue weighted by Gasteiger charge is 2.17. The molecule has 0 atom stereocenters. The zero-order valence-electron chi connectivity index (χ0n) is 10.6. The quantitative estimate of drug-likeness (QED) is 0.915. The molecule has 1 aromatic heterocycles.